The van der Waals surface area contributed by atoms with Crippen molar-refractivity contribution in [1.29, 1.82) is 0 Å². The molecule has 1 aromatic heterocycles. The maximum atomic E-state index is 12.4. The highest BCUT2D eigenvalue weighted by atomic mass is 16.6. The molecule has 0 aliphatic carbocycles. The molecule has 2 rings (SSSR count). The first-order chi connectivity index (χ1) is 13.2. The lowest BCUT2D eigenvalue weighted by atomic mass is 10.1. The molecule has 0 radical (unpaired) electrons. The number of alkyl carbamates (subject to hydrolysis) is 1. The van der Waals surface area contributed by atoms with E-state index in [0.717, 1.165) is 0 Å². The van der Waals surface area contributed by atoms with E-state index in [1.165, 1.54) is 13.4 Å². The number of ketones is 1. The molecule has 0 saturated heterocycles. The van der Waals surface area contributed by atoms with Crippen molar-refractivity contribution >= 4 is 17.8 Å². The summed E-state index contributed by atoms with van der Waals surface area (Å²) < 4.78 is 11.6. The number of aromatic nitrogens is 2. The standard InChI is InChI=1S/C20H25N3O5/c1-20(2,3)28-19(26)22-16(18(25)27-4)10-15-11-21-13-23(15)12-17(24)14-8-6-5-7-9-14/h5-9,11,13,16H,10,12H2,1-4H3,(H,22,26)/t16-/m0/s1. The first-order valence-electron chi connectivity index (χ1n) is 8.84. The molecule has 0 aliphatic heterocycles. The van der Waals surface area contributed by atoms with Crippen LogP contribution in [0.5, 0.6) is 0 Å². The summed E-state index contributed by atoms with van der Waals surface area (Å²) >= 11 is 0. The van der Waals surface area contributed by atoms with Crippen LogP contribution in [-0.4, -0.2) is 46.1 Å². The van der Waals surface area contributed by atoms with Gasteiger partial charge in [0.05, 0.1) is 20.0 Å². The van der Waals surface area contributed by atoms with Gasteiger partial charge >= 0.3 is 12.1 Å². The van der Waals surface area contributed by atoms with Crippen molar-refractivity contribution in [2.24, 2.45) is 0 Å². The highest BCUT2D eigenvalue weighted by molar-refractivity contribution is 5.95. The molecule has 1 N–H and O–H groups in total. The number of imidazole rings is 1. The van der Waals surface area contributed by atoms with Crippen molar-refractivity contribution in [3.63, 3.8) is 0 Å². The highest BCUT2D eigenvalue weighted by Crippen LogP contribution is 2.11. The largest absolute Gasteiger partial charge is 0.467 e. The Morgan fingerprint density at radius 3 is 2.46 bits per heavy atom. The van der Waals surface area contributed by atoms with Crippen molar-refractivity contribution < 1.29 is 23.9 Å². The summed E-state index contributed by atoms with van der Waals surface area (Å²) in [7, 11) is 1.24. The number of benzene rings is 1. The van der Waals surface area contributed by atoms with Gasteiger partial charge in [-0.3, -0.25) is 4.79 Å². The van der Waals surface area contributed by atoms with Crippen LogP contribution in [0.4, 0.5) is 4.79 Å². The highest BCUT2D eigenvalue weighted by Gasteiger charge is 2.26. The Morgan fingerprint density at radius 1 is 1.18 bits per heavy atom. The molecule has 0 bridgehead atoms. The van der Waals surface area contributed by atoms with Gasteiger partial charge in [-0.15, -0.1) is 0 Å². The summed E-state index contributed by atoms with van der Waals surface area (Å²) in [5, 5.41) is 2.51. The number of amides is 1. The number of nitrogens with one attached hydrogen (secondary N) is 1. The van der Waals surface area contributed by atoms with Gasteiger partial charge in [0, 0.05) is 23.9 Å². The fourth-order valence-electron chi connectivity index (χ4n) is 2.53. The number of Topliss-reactive ketones (excluding diaryl/α,β-unsaturated/α-hetero) is 1. The van der Waals surface area contributed by atoms with Crippen LogP contribution < -0.4 is 5.32 Å². The molecular weight excluding hydrogens is 362 g/mol. The van der Waals surface area contributed by atoms with Crippen molar-refractivity contribution in [2.45, 2.75) is 45.4 Å². The van der Waals surface area contributed by atoms with Crippen LogP contribution in [0.2, 0.25) is 0 Å². The Bertz CT molecular complexity index is 824. The number of carbonyl (C=O) groups excluding carboxylic acids is 3. The van der Waals surface area contributed by atoms with Gasteiger partial charge in [0.2, 0.25) is 0 Å². The normalized spacial score (nSPS) is 12.1. The molecule has 0 unspecified atom stereocenters. The summed E-state index contributed by atoms with van der Waals surface area (Å²) in [6.07, 6.45) is 2.44. The Kier molecular flexibility index (Phi) is 6.92. The number of hydrogen-bond acceptors (Lipinski definition) is 6. The van der Waals surface area contributed by atoms with Crippen LogP contribution in [0, 0.1) is 0 Å². The third kappa shape index (κ3) is 6.22. The number of esters is 1. The third-order valence-electron chi connectivity index (χ3n) is 3.80. The zero-order chi connectivity index (χ0) is 20.7. The number of rotatable bonds is 7. The van der Waals surface area contributed by atoms with E-state index in [0.29, 0.717) is 11.3 Å². The maximum Gasteiger partial charge on any atom is 0.408 e. The quantitative estimate of drug-likeness (QED) is 0.578. The number of ether oxygens (including phenoxy) is 2. The molecule has 1 heterocycles. The Hall–Kier alpha value is -3.16. The lowest BCUT2D eigenvalue weighted by Gasteiger charge is -2.22. The van der Waals surface area contributed by atoms with E-state index in [1.54, 1.807) is 55.8 Å². The third-order valence-corrected chi connectivity index (χ3v) is 3.80. The second-order valence-corrected chi connectivity index (χ2v) is 7.23. The zero-order valence-electron chi connectivity index (χ0n) is 16.5. The van der Waals surface area contributed by atoms with E-state index >= 15 is 0 Å². The molecule has 1 amide bonds. The van der Waals surface area contributed by atoms with Gasteiger partial charge in [0.25, 0.3) is 0 Å². The SMILES string of the molecule is COC(=O)[C@H](Cc1cncn1CC(=O)c1ccccc1)NC(=O)OC(C)(C)C. The van der Waals surface area contributed by atoms with E-state index in [4.69, 9.17) is 9.47 Å². The summed E-state index contributed by atoms with van der Waals surface area (Å²) in [4.78, 5) is 40.7. The molecule has 1 aromatic carbocycles. The topological polar surface area (TPSA) is 99.5 Å². The fraction of sp³-hybridized carbons (Fsp3) is 0.400. The monoisotopic (exact) mass is 387 g/mol. The molecule has 1 atom stereocenters. The van der Waals surface area contributed by atoms with Crippen LogP contribution in [0.25, 0.3) is 0 Å². The molecule has 28 heavy (non-hydrogen) atoms. The lowest BCUT2D eigenvalue weighted by Crippen LogP contribution is -2.45. The van der Waals surface area contributed by atoms with Crippen molar-refractivity contribution in [1.82, 2.24) is 14.9 Å². The Labute approximate surface area is 163 Å². The van der Waals surface area contributed by atoms with Crippen LogP contribution in [0.1, 0.15) is 36.8 Å². The van der Waals surface area contributed by atoms with Crippen LogP contribution >= 0.6 is 0 Å². The maximum absolute atomic E-state index is 12.4. The van der Waals surface area contributed by atoms with E-state index in [1.807, 2.05) is 6.07 Å². The second-order valence-electron chi connectivity index (χ2n) is 7.23. The molecule has 0 spiro atoms. The summed E-state index contributed by atoms with van der Waals surface area (Å²) in [6, 6.07) is 7.92. The molecule has 150 valence electrons. The molecule has 2 aromatic rings. The lowest BCUT2D eigenvalue weighted by molar-refractivity contribution is -0.143. The van der Waals surface area contributed by atoms with Gasteiger partial charge in [-0.2, -0.15) is 0 Å². The van der Waals surface area contributed by atoms with Gasteiger partial charge < -0.3 is 19.4 Å². The van der Waals surface area contributed by atoms with Crippen LogP contribution in [-0.2, 0) is 27.2 Å². The zero-order valence-corrected chi connectivity index (χ0v) is 16.5. The van der Waals surface area contributed by atoms with Gasteiger partial charge in [0.15, 0.2) is 5.78 Å². The fourth-order valence-corrected chi connectivity index (χ4v) is 2.53. The van der Waals surface area contributed by atoms with Gasteiger partial charge in [-0.1, -0.05) is 30.3 Å². The van der Waals surface area contributed by atoms with Crippen LogP contribution in [0.3, 0.4) is 0 Å². The van der Waals surface area contributed by atoms with Gasteiger partial charge in [-0.05, 0) is 20.8 Å². The summed E-state index contributed by atoms with van der Waals surface area (Å²) in [5.41, 5.74) is 0.489. The molecule has 8 heteroatoms. The molecule has 0 fully saturated rings. The second kappa shape index (κ2) is 9.16. The number of hydrogen-bond donors (Lipinski definition) is 1. The number of carbonyl (C=O) groups is 3. The minimum absolute atomic E-state index is 0.0691. The molecule has 8 nitrogen and oxygen atoms in total. The van der Waals surface area contributed by atoms with E-state index in [2.05, 4.69) is 10.3 Å². The average molecular weight is 387 g/mol. The predicted octanol–water partition coefficient (Wildman–Crippen LogP) is 2.37. The molecular formula is C20H25N3O5. The average Bonchev–Trinajstić information content (AvgIpc) is 3.06. The minimum atomic E-state index is -0.970. The smallest absolute Gasteiger partial charge is 0.408 e. The van der Waals surface area contributed by atoms with Gasteiger partial charge in [-0.25, -0.2) is 14.6 Å². The Balaban J connectivity index is 2.11. The summed E-state index contributed by atoms with van der Waals surface area (Å²) in [6.45, 7) is 5.25. The van der Waals surface area contributed by atoms with Crippen molar-refractivity contribution in [3.05, 3.63) is 54.1 Å². The van der Waals surface area contributed by atoms with Crippen molar-refractivity contribution in [3.8, 4) is 0 Å². The van der Waals surface area contributed by atoms with E-state index < -0.39 is 23.7 Å². The Morgan fingerprint density at radius 2 is 1.86 bits per heavy atom. The minimum Gasteiger partial charge on any atom is -0.467 e. The van der Waals surface area contributed by atoms with Crippen LogP contribution in [0.15, 0.2) is 42.9 Å². The summed E-state index contributed by atoms with van der Waals surface area (Å²) in [5.74, 6) is -0.706. The molecule has 0 aliphatic rings. The molecule has 0 saturated carbocycles. The van der Waals surface area contributed by atoms with Crippen molar-refractivity contribution in [2.75, 3.05) is 7.11 Å². The van der Waals surface area contributed by atoms with Gasteiger partial charge in [0.1, 0.15) is 11.6 Å². The number of methoxy groups -OCH3 is 1. The first-order valence-corrected chi connectivity index (χ1v) is 8.84. The predicted molar refractivity (Wildman–Crippen MR) is 102 cm³/mol. The number of nitrogens with zero attached hydrogens (tertiary/aromatic N) is 2. The van der Waals surface area contributed by atoms with E-state index in [-0.39, 0.29) is 18.7 Å². The van der Waals surface area contributed by atoms with E-state index in [9.17, 15) is 14.4 Å². The first kappa shape index (κ1) is 21.1.